The molecule has 2 aromatic carbocycles. The highest BCUT2D eigenvalue weighted by molar-refractivity contribution is 7.99. The molecule has 0 bridgehead atoms. The van der Waals surface area contributed by atoms with Crippen LogP contribution in [0.2, 0.25) is 5.02 Å². The van der Waals surface area contributed by atoms with Crippen LogP contribution in [0.25, 0.3) is 11.1 Å². The number of carbonyl (C=O) groups excluding carboxylic acids is 1. The number of nitrogens with one attached hydrogen (secondary N) is 1. The fourth-order valence-electron chi connectivity index (χ4n) is 1.97. The monoisotopic (exact) mass is 363 g/mol. The number of anilines is 1. The molecule has 9 heteroatoms. The number of halogens is 1. The van der Waals surface area contributed by atoms with Crippen molar-refractivity contribution in [1.82, 2.24) is 4.98 Å². The smallest absolute Gasteiger partial charge is 0.289 e. The van der Waals surface area contributed by atoms with Crippen LogP contribution in [0, 0.1) is 10.1 Å². The number of nitrogens with zero attached hydrogens (tertiary/aromatic N) is 2. The Balaban J connectivity index is 1.63. The minimum Gasteiger partial charge on any atom is -0.431 e. The van der Waals surface area contributed by atoms with Crippen LogP contribution in [0.4, 0.5) is 11.4 Å². The fraction of sp³-hybridized carbons (Fsp3) is 0.0667. The first-order valence-electron chi connectivity index (χ1n) is 6.75. The molecule has 0 unspecified atom stereocenters. The Labute approximate surface area is 145 Å². The van der Waals surface area contributed by atoms with E-state index < -0.39 is 4.92 Å². The summed E-state index contributed by atoms with van der Waals surface area (Å²) in [4.78, 5) is 26.4. The molecule has 1 heterocycles. The Kier molecular flexibility index (Phi) is 4.68. The number of rotatable bonds is 5. The lowest BCUT2D eigenvalue weighted by Crippen LogP contribution is -2.14. The number of carbonyl (C=O) groups is 1. The van der Waals surface area contributed by atoms with Gasteiger partial charge in [-0.1, -0.05) is 35.5 Å². The highest BCUT2D eigenvalue weighted by Gasteiger charge is 2.14. The average molecular weight is 364 g/mol. The molecule has 7 nitrogen and oxygen atoms in total. The third kappa shape index (κ3) is 3.66. The summed E-state index contributed by atoms with van der Waals surface area (Å²) in [5, 5.41) is 13.8. The molecular formula is C15H10ClN3O4S. The Morgan fingerprint density at radius 2 is 2.12 bits per heavy atom. The van der Waals surface area contributed by atoms with Crippen molar-refractivity contribution in [2.75, 3.05) is 11.1 Å². The molecular weight excluding hydrogens is 354 g/mol. The van der Waals surface area contributed by atoms with Gasteiger partial charge in [0.25, 0.3) is 10.9 Å². The SMILES string of the molecule is O=C(CSc1nc2ccccc2o1)Nc1ccc(Cl)c([N+](=O)[O-])c1. The minimum absolute atomic E-state index is 0.0128. The number of hydrogen-bond donors (Lipinski definition) is 1. The minimum atomic E-state index is -0.606. The second-order valence-electron chi connectivity index (χ2n) is 4.71. The van der Waals surface area contributed by atoms with E-state index in [9.17, 15) is 14.9 Å². The van der Waals surface area contributed by atoms with Crippen LogP contribution in [-0.4, -0.2) is 21.6 Å². The molecule has 1 N–H and O–H groups in total. The zero-order valence-electron chi connectivity index (χ0n) is 12.1. The first-order valence-corrected chi connectivity index (χ1v) is 8.11. The van der Waals surface area contributed by atoms with Crippen LogP contribution < -0.4 is 5.32 Å². The van der Waals surface area contributed by atoms with Gasteiger partial charge in [0.2, 0.25) is 5.91 Å². The first kappa shape index (κ1) is 16.3. The molecule has 0 atom stereocenters. The van der Waals surface area contributed by atoms with Crippen molar-refractivity contribution in [3.05, 3.63) is 57.6 Å². The van der Waals surface area contributed by atoms with E-state index in [1.54, 1.807) is 6.07 Å². The van der Waals surface area contributed by atoms with Crippen LogP contribution in [0.5, 0.6) is 0 Å². The third-order valence-electron chi connectivity index (χ3n) is 3.03. The van der Waals surface area contributed by atoms with Gasteiger partial charge in [-0.3, -0.25) is 14.9 Å². The first-order chi connectivity index (χ1) is 11.5. The largest absolute Gasteiger partial charge is 0.431 e. The Bertz CT molecular complexity index is 895. The molecule has 1 amide bonds. The van der Waals surface area contributed by atoms with Crippen molar-refractivity contribution in [2.24, 2.45) is 0 Å². The van der Waals surface area contributed by atoms with Gasteiger partial charge in [-0.15, -0.1) is 0 Å². The summed E-state index contributed by atoms with van der Waals surface area (Å²) < 4.78 is 5.50. The predicted molar refractivity (Wildman–Crippen MR) is 91.5 cm³/mol. The quantitative estimate of drug-likeness (QED) is 0.416. The summed E-state index contributed by atoms with van der Waals surface area (Å²) in [5.74, 6) is -0.276. The molecule has 0 aliphatic carbocycles. The summed E-state index contributed by atoms with van der Waals surface area (Å²) >= 11 is 6.87. The van der Waals surface area contributed by atoms with E-state index in [0.29, 0.717) is 22.0 Å². The molecule has 122 valence electrons. The molecule has 3 aromatic rings. The molecule has 0 saturated heterocycles. The number of para-hydroxylation sites is 2. The van der Waals surface area contributed by atoms with Crippen molar-refractivity contribution in [2.45, 2.75) is 5.22 Å². The van der Waals surface area contributed by atoms with Crippen LogP contribution in [-0.2, 0) is 4.79 Å². The standard InChI is InChI=1S/C15H10ClN3O4S/c16-10-6-5-9(7-12(10)19(21)22)17-14(20)8-24-15-18-11-3-1-2-4-13(11)23-15/h1-7H,8H2,(H,17,20). The van der Waals surface area contributed by atoms with Crippen molar-refractivity contribution < 1.29 is 14.1 Å². The maximum absolute atomic E-state index is 12.0. The normalized spacial score (nSPS) is 10.7. The second kappa shape index (κ2) is 6.90. The van der Waals surface area contributed by atoms with E-state index in [-0.39, 0.29) is 22.4 Å². The molecule has 1 aromatic heterocycles. The Morgan fingerprint density at radius 3 is 2.88 bits per heavy atom. The maximum Gasteiger partial charge on any atom is 0.289 e. The predicted octanol–water partition coefficient (Wildman–Crippen LogP) is 4.12. The second-order valence-corrected chi connectivity index (χ2v) is 6.04. The van der Waals surface area contributed by atoms with Crippen molar-refractivity contribution in [3.63, 3.8) is 0 Å². The lowest BCUT2D eigenvalue weighted by Gasteiger charge is -2.04. The topological polar surface area (TPSA) is 98.3 Å². The van der Waals surface area contributed by atoms with Crippen LogP contribution in [0.1, 0.15) is 0 Å². The molecule has 0 aliphatic heterocycles. The zero-order chi connectivity index (χ0) is 17.1. The summed E-state index contributed by atoms with van der Waals surface area (Å²) in [6, 6.07) is 11.4. The number of fused-ring (bicyclic) bond motifs is 1. The maximum atomic E-state index is 12.0. The summed E-state index contributed by atoms with van der Waals surface area (Å²) in [6.07, 6.45) is 0. The molecule has 0 aliphatic rings. The summed E-state index contributed by atoms with van der Waals surface area (Å²) in [7, 11) is 0. The van der Waals surface area contributed by atoms with Gasteiger partial charge in [-0.2, -0.15) is 0 Å². The number of nitro groups is 1. The van der Waals surface area contributed by atoms with E-state index in [4.69, 9.17) is 16.0 Å². The molecule has 0 radical (unpaired) electrons. The Morgan fingerprint density at radius 1 is 1.33 bits per heavy atom. The van der Waals surface area contributed by atoms with Gasteiger partial charge in [0.05, 0.1) is 10.7 Å². The molecule has 3 rings (SSSR count). The third-order valence-corrected chi connectivity index (χ3v) is 4.18. The number of aromatic nitrogens is 1. The number of amides is 1. The van der Waals surface area contributed by atoms with Gasteiger partial charge in [0.15, 0.2) is 5.58 Å². The van der Waals surface area contributed by atoms with Gasteiger partial charge in [-0.25, -0.2) is 4.98 Å². The number of oxazole rings is 1. The van der Waals surface area contributed by atoms with Crippen LogP contribution >= 0.6 is 23.4 Å². The number of nitro benzene ring substituents is 1. The molecule has 0 fully saturated rings. The molecule has 0 saturated carbocycles. The summed E-state index contributed by atoms with van der Waals surface area (Å²) in [6.45, 7) is 0. The van der Waals surface area contributed by atoms with E-state index in [1.807, 2.05) is 18.2 Å². The molecule has 24 heavy (non-hydrogen) atoms. The lowest BCUT2D eigenvalue weighted by molar-refractivity contribution is -0.384. The van der Waals surface area contributed by atoms with E-state index in [0.717, 1.165) is 11.8 Å². The number of thioether (sulfide) groups is 1. The highest BCUT2D eigenvalue weighted by atomic mass is 35.5. The van der Waals surface area contributed by atoms with E-state index >= 15 is 0 Å². The van der Waals surface area contributed by atoms with Crippen molar-refractivity contribution >= 4 is 51.7 Å². The summed E-state index contributed by atoms with van der Waals surface area (Å²) in [5.41, 5.74) is 1.40. The van der Waals surface area contributed by atoms with Crippen LogP contribution in [0.15, 0.2) is 52.1 Å². The van der Waals surface area contributed by atoms with Gasteiger partial charge < -0.3 is 9.73 Å². The van der Waals surface area contributed by atoms with E-state index in [1.165, 1.54) is 18.2 Å². The van der Waals surface area contributed by atoms with Crippen molar-refractivity contribution in [3.8, 4) is 0 Å². The Hall–Kier alpha value is -2.58. The fourth-order valence-corrected chi connectivity index (χ4v) is 2.79. The van der Waals surface area contributed by atoms with E-state index in [2.05, 4.69) is 10.3 Å². The molecule has 0 spiro atoms. The van der Waals surface area contributed by atoms with Crippen molar-refractivity contribution in [1.29, 1.82) is 0 Å². The van der Waals surface area contributed by atoms with Gasteiger partial charge in [-0.05, 0) is 24.3 Å². The lowest BCUT2D eigenvalue weighted by atomic mass is 10.3. The zero-order valence-corrected chi connectivity index (χ0v) is 13.6. The highest BCUT2D eigenvalue weighted by Crippen LogP contribution is 2.28. The average Bonchev–Trinajstić information content (AvgIpc) is 2.97. The number of hydrogen-bond acceptors (Lipinski definition) is 6. The van der Waals surface area contributed by atoms with Crippen LogP contribution in [0.3, 0.4) is 0 Å². The van der Waals surface area contributed by atoms with Gasteiger partial charge >= 0.3 is 0 Å². The van der Waals surface area contributed by atoms with Gasteiger partial charge in [0, 0.05) is 11.8 Å². The number of benzene rings is 2. The van der Waals surface area contributed by atoms with Gasteiger partial charge in [0.1, 0.15) is 10.5 Å².